The van der Waals surface area contributed by atoms with Crippen LogP contribution in [0, 0.1) is 0 Å². The van der Waals surface area contributed by atoms with Gasteiger partial charge in [0.2, 0.25) is 0 Å². The molecule has 0 spiro atoms. The molecule has 0 radical (unpaired) electrons. The molecule has 0 aliphatic carbocycles. The minimum absolute atomic E-state index is 0.110. The molecule has 2 aromatic heterocycles. The lowest BCUT2D eigenvalue weighted by atomic mass is 10.2. The van der Waals surface area contributed by atoms with Crippen LogP contribution in [0.1, 0.15) is 22.6 Å². The number of rotatable bonds is 3. The summed E-state index contributed by atoms with van der Waals surface area (Å²) in [5.41, 5.74) is 0.510. The first kappa shape index (κ1) is 14.4. The van der Waals surface area contributed by atoms with E-state index in [-0.39, 0.29) is 5.69 Å². The lowest BCUT2D eigenvalue weighted by molar-refractivity contribution is 0.102. The quantitative estimate of drug-likeness (QED) is 0.770. The summed E-state index contributed by atoms with van der Waals surface area (Å²) < 4.78 is 25.2. The monoisotopic (exact) mass is 322 g/mol. The number of benzene rings is 1. The highest BCUT2D eigenvalue weighted by Gasteiger charge is 2.15. The maximum atomic E-state index is 12.6. The van der Waals surface area contributed by atoms with Gasteiger partial charge in [0.15, 0.2) is 0 Å². The number of pyridine rings is 1. The molecule has 1 amide bonds. The Kier molecular flexibility index (Phi) is 3.72. The van der Waals surface area contributed by atoms with Gasteiger partial charge >= 0.3 is 0 Å². The van der Waals surface area contributed by atoms with Crippen molar-refractivity contribution in [1.82, 2.24) is 15.2 Å². The van der Waals surface area contributed by atoms with Gasteiger partial charge in [0.1, 0.15) is 11.4 Å². The fourth-order valence-corrected chi connectivity index (χ4v) is 2.16. The molecule has 1 aromatic carbocycles. The van der Waals surface area contributed by atoms with Crippen molar-refractivity contribution in [2.45, 2.75) is 6.43 Å². The standard InChI is InChI=1S/C14H9ClF2N4O/c15-8-5-11-7(6-18-21-11)4-12(8)20-14(22)10-3-1-2-9(19-10)13(16)17/h1-6,13H,(H,18,21)(H,20,22). The summed E-state index contributed by atoms with van der Waals surface area (Å²) in [5, 5.41) is 10.2. The fraction of sp³-hybridized carbons (Fsp3) is 0.0714. The minimum atomic E-state index is -2.74. The molecule has 0 saturated heterocycles. The summed E-state index contributed by atoms with van der Waals surface area (Å²) in [6, 6.07) is 7.11. The average molecular weight is 323 g/mol. The van der Waals surface area contributed by atoms with Gasteiger partial charge in [-0.3, -0.25) is 9.89 Å². The van der Waals surface area contributed by atoms with Gasteiger partial charge in [0.05, 0.1) is 22.4 Å². The van der Waals surface area contributed by atoms with Crippen LogP contribution in [-0.4, -0.2) is 21.1 Å². The van der Waals surface area contributed by atoms with Crippen molar-refractivity contribution >= 4 is 34.1 Å². The normalized spacial score (nSPS) is 11.1. The molecule has 0 bridgehead atoms. The first-order valence-corrected chi connectivity index (χ1v) is 6.61. The first-order valence-electron chi connectivity index (χ1n) is 6.23. The topological polar surface area (TPSA) is 70.7 Å². The van der Waals surface area contributed by atoms with Gasteiger partial charge in [0, 0.05) is 5.39 Å². The molecule has 3 rings (SSSR count). The van der Waals surface area contributed by atoms with Gasteiger partial charge in [-0.05, 0) is 24.3 Å². The maximum absolute atomic E-state index is 12.6. The largest absolute Gasteiger partial charge is 0.319 e. The predicted octanol–water partition coefficient (Wildman–Crippen LogP) is 3.80. The van der Waals surface area contributed by atoms with E-state index in [9.17, 15) is 13.6 Å². The summed E-state index contributed by atoms with van der Waals surface area (Å²) >= 11 is 6.07. The zero-order valence-corrected chi connectivity index (χ0v) is 11.7. The zero-order chi connectivity index (χ0) is 15.7. The molecule has 22 heavy (non-hydrogen) atoms. The Hall–Kier alpha value is -2.54. The number of nitrogens with zero attached hydrogens (tertiary/aromatic N) is 2. The van der Waals surface area contributed by atoms with Crippen molar-refractivity contribution in [3.8, 4) is 0 Å². The number of nitrogens with one attached hydrogen (secondary N) is 2. The number of hydrogen-bond donors (Lipinski definition) is 2. The van der Waals surface area contributed by atoms with Crippen LogP contribution in [0.2, 0.25) is 5.02 Å². The second-order valence-electron chi connectivity index (χ2n) is 4.49. The number of fused-ring (bicyclic) bond motifs is 1. The number of carbonyl (C=O) groups is 1. The molecule has 8 heteroatoms. The van der Waals surface area contributed by atoms with Gasteiger partial charge in [-0.1, -0.05) is 17.7 Å². The summed E-state index contributed by atoms with van der Waals surface area (Å²) in [6.07, 6.45) is -1.16. The molecule has 0 aliphatic heterocycles. The first-order chi connectivity index (χ1) is 10.5. The molecular weight excluding hydrogens is 314 g/mol. The van der Waals surface area contributed by atoms with Crippen LogP contribution < -0.4 is 5.32 Å². The number of aromatic amines is 1. The van der Waals surface area contributed by atoms with Crippen molar-refractivity contribution in [3.05, 3.63) is 52.9 Å². The highest BCUT2D eigenvalue weighted by atomic mass is 35.5. The number of anilines is 1. The van der Waals surface area contributed by atoms with E-state index in [4.69, 9.17) is 11.6 Å². The van der Waals surface area contributed by atoms with Crippen molar-refractivity contribution in [2.24, 2.45) is 0 Å². The lowest BCUT2D eigenvalue weighted by Crippen LogP contribution is -2.14. The number of H-pyrrole nitrogens is 1. The molecule has 112 valence electrons. The van der Waals surface area contributed by atoms with E-state index in [1.165, 1.54) is 12.1 Å². The van der Waals surface area contributed by atoms with Crippen molar-refractivity contribution in [3.63, 3.8) is 0 Å². The van der Waals surface area contributed by atoms with E-state index in [2.05, 4.69) is 20.5 Å². The van der Waals surface area contributed by atoms with Gasteiger partial charge < -0.3 is 5.32 Å². The average Bonchev–Trinajstić information content (AvgIpc) is 2.94. The number of carbonyl (C=O) groups excluding carboxylic acids is 1. The molecule has 0 fully saturated rings. The Bertz CT molecular complexity index is 850. The number of alkyl halides is 2. The van der Waals surface area contributed by atoms with E-state index in [1.54, 1.807) is 18.3 Å². The predicted molar refractivity (Wildman–Crippen MR) is 78.3 cm³/mol. The van der Waals surface area contributed by atoms with Crippen molar-refractivity contribution in [1.29, 1.82) is 0 Å². The Balaban J connectivity index is 1.89. The molecule has 3 aromatic rings. The minimum Gasteiger partial charge on any atom is -0.319 e. The van der Waals surface area contributed by atoms with E-state index < -0.39 is 18.0 Å². The fourth-order valence-electron chi connectivity index (χ4n) is 1.95. The van der Waals surface area contributed by atoms with Crippen LogP contribution in [0.25, 0.3) is 10.9 Å². The Morgan fingerprint density at radius 1 is 1.32 bits per heavy atom. The molecule has 0 aliphatic rings. The van der Waals surface area contributed by atoms with E-state index in [0.717, 1.165) is 17.0 Å². The third-order valence-corrected chi connectivity index (χ3v) is 3.32. The molecule has 2 heterocycles. The van der Waals surface area contributed by atoms with Gasteiger partial charge in [-0.25, -0.2) is 13.8 Å². The Morgan fingerprint density at radius 3 is 2.91 bits per heavy atom. The molecule has 2 N–H and O–H groups in total. The van der Waals surface area contributed by atoms with Gasteiger partial charge in [-0.15, -0.1) is 0 Å². The molecule has 0 unspecified atom stereocenters. The molecule has 5 nitrogen and oxygen atoms in total. The summed E-state index contributed by atoms with van der Waals surface area (Å²) in [5.74, 6) is -0.618. The number of amides is 1. The molecule has 0 saturated carbocycles. The maximum Gasteiger partial charge on any atom is 0.280 e. The summed E-state index contributed by atoms with van der Waals surface area (Å²) in [6.45, 7) is 0. The summed E-state index contributed by atoms with van der Waals surface area (Å²) in [4.78, 5) is 15.7. The van der Waals surface area contributed by atoms with Gasteiger partial charge in [-0.2, -0.15) is 5.10 Å². The number of aromatic nitrogens is 3. The number of hydrogen-bond acceptors (Lipinski definition) is 3. The second-order valence-corrected chi connectivity index (χ2v) is 4.90. The third kappa shape index (κ3) is 2.75. The smallest absolute Gasteiger partial charge is 0.280 e. The van der Waals surface area contributed by atoms with Crippen LogP contribution in [0.4, 0.5) is 14.5 Å². The highest BCUT2D eigenvalue weighted by molar-refractivity contribution is 6.34. The Labute approximate surface area is 128 Å². The van der Waals surface area contributed by atoms with Crippen LogP contribution in [0.3, 0.4) is 0 Å². The second kappa shape index (κ2) is 5.69. The third-order valence-electron chi connectivity index (χ3n) is 3.00. The van der Waals surface area contributed by atoms with Crippen LogP contribution >= 0.6 is 11.6 Å². The summed E-state index contributed by atoms with van der Waals surface area (Å²) in [7, 11) is 0. The molecule has 0 atom stereocenters. The van der Waals surface area contributed by atoms with Crippen molar-refractivity contribution in [2.75, 3.05) is 5.32 Å². The molecular formula is C14H9ClF2N4O. The van der Waals surface area contributed by atoms with E-state index in [0.29, 0.717) is 10.7 Å². The van der Waals surface area contributed by atoms with Crippen LogP contribution in [-0.2, 0) is 0 Å². The Morgan fingerprint density at radius 2 is 2.14 bits per heavy atom. The SMILES string of the molecule is O=C(Nc1cc2cn[nH]c2cc1Cl)c1cccc(C(F)F)n1. The van der Waals surface area contributed by atoms with Crippen molar-refractivity contribution < 1.29 is 13.6 Å². The van der Waals surface area contributed by atoms with Gasteiger partial charge in [0.25, 0.3) is 12.3 Å². The van der Waals surface area contributed by atoms with E-state index in [1.807, 2.05) is 0 Å². The number of halogens is 3. The highest BCUT2D eigenvalue weighted by Crippen LogP contribution is 2.27. The lowest BCUT2D eigenvalue weighted by Gasteiger charge is -2.08. The van der Waals surface area contributed by atoms with E-state index >= 15 is 0 Å². The van der Waals surface area contributed by atoms with Crippen LogP contribution in [0.15, 0.2) is 36.5 Å². The van der Waals surface area contributed by atoms with Crippen LogP contribution in [0.5, 0.6) is 0 Å². The zero-order valence-electron chi connectivity index (χ0n) is 11.0.